The molecule has 0 bridgehead atoms. The molecule has 46 valence electrons. The summed E-state index contributed by atoms with van der Waals surface area (Å²) in [6.07, 6.45) is 7.82. The summed E-state index contributed by atoms with van der Waals surface area (Å²) in [5.41, 5.74) is 0.287. The van der Waals surface area contributed by atoms with E-state index in [0.717, 1.165) is 0 Å². The van der Waals surface area contributed by atoms with Gasteiger partial charge in [-0.05, 0) is 11.5 Å². The first-order valence-electron chi connectivity index (χ1n) is 2.76. The van der Waals surface area contributed by atoms with Gasteiger partial charge >= 0.3 is 0 Å². The maximum absolute atomic E-state index is 4.21. The van der Waals surface area contributed by atoms with Crippen LogP contribution in [-0.2, 0) is 0 Å². The predicted octanol–water partition coefficient (Wildman–Crippen LogP) is 1.39. The Labute approximate surface area is 58.0 Å². The predicted molar refractivity (Wildman–Crippen MR) is 40.0 cm³/mol. The number of fused-ring (bicyclic) bond motifs is 1. The van der Waals surface area contributed by atoms with Crippen LogP contribution in [0.2, 0.25) is 0 Å². The van der Waals surface area contributed by atoms with Crippen molar-refractivity contribution in [1.82, 2.24) is 4.90 Å². The molecule has 0 saturated carbocycles. The van der Waals surface area contributed by atoms with E-state index in [-0.39, 0.29) is 5.50 Å². The molecule has 0 saturated heterocycles. The smallest absolute Gasteiger partial charge is 0.176 e. The van der Waals surface area contributed by atoms with Crippen molar-refractivity contribution in [3.63, 3.8) is 0 Å². The van der Waals surface area contributed by atoms with Crippen molar-refractivity contribution in [2.75, 3.05) is 0 Å². The minimum Gasteiger partial charge on any atom is -0.323 e. The monoisotopic (exact) mass is 138 g/mol. The van der Waals surface area contributed by atoms with Gasteiger partial charge in [0.05, 0.1) is 0 Å². The Morgan fingerprint density at radius 1 is 1.44 bits per heavy atom. The van der Waals surface area contributed by atoms with E-state index < -0.39 is 0 Å². The second-order valence-corrected chi connectivity index (χ2v) is 2.80. The average molecular weight is 138 g/mol. The summed E-state index contributed by atoms with van der Waals surface area (Å²) in [5.74, 6) is 0. The molecule has 0 aromatic rings. The zero-order valence-electron chi connectivity index (χ0n) is 4.77. The molecule has 0 aromatic heterocycles. The normalized spacial score (nSPS) is 29.3. The third-order valence-corrected chi connectivity index (χ3v) is 2.13. The lowest BCUT2D eigenvalue weighted by atomic mass is 10.5. The van der Waals surface area contributed by atoms with Gasteiger partial charge in [0.1, 0.15) is 0 Å². The Kier molecular flexibility index (Phi) is 1.09. The molecule has 0 amide bonds. The van der Waals surface area contributed by atoms with Crippen LogP contribution in [0.15, 0.2) is 28.9 Å². The summed E-state index contributed by atoms with van der Waals surface area (Å²) >= 11 is 1.72. The molecule has 3 heteroatoms. The zero-order valence-corrected chi connectivity index (χ0v) is 5.58. The van der Waals surface area contributed by atoms with Crippen LogP contribution in [0.4, 0.5) is 0 Å². The highest BCUT2D eigenvalue weighted by molar-refractivity contribution is 8.02. The van der Waals surface area contributed by atoms with Crippen LogP contribution in [-0.4, -0.2) is 16.6 Å². The van der Waals surface area contributed by atoms with Gasteiger partial charge in [-0.2, -0.15) is 0 Å². The minimum absolute atomic E-state index is 0.287. The van der Waals surface area contributed by atoms with Crippen LogP contribution in [0.3, 0.4) is 0 Å². The Morgan fingerprint density at radius 2 is 2.44 bits per heavy atom. The molecule has 0 fully saturated rings. The number of rotatable bonds is 0. The highest BCUT2D eigenvalue weighted by Gasteiger charge is 2.16. The molecule has 0 aromatic carbocycles. The molecule has 0 aliphatic carbocycles. The Bertz CT molecular complexity index is 195. The Hall–Kier alpha value is -0.700. The average Bonchev–Trinajstić information content (AvgIpc) is 2.33. The fourth-order valence-corrected chi connectivity index (χ4v) is 1.59. The van der Waals surface area contributed by atoms with Gasteiger partial charge in [-0.1, -0.05) is 11.8 Å². The standard InChI is InChI=1S/C6H6N2S/c1-2-7-6-8(3-1)4-5-9-6/h1-6H. The van der Waals surface area contributed by atoms with E-state index in [1.807, 2.05) is 24.7 Å². The quantitative estimate of drug-likeness (QED) is 0.502. The molecule has 0 radical (unpaired) electrons. The van der Waals surface area contributed by atoms with Gasteiger partial charge in [0, 0.05) is 18.6 Å². The summed E-state index contributed by atoms with van der Waals surface area (Å²) in [4.78, 5) is 6.28. The second-order valence-electron chi connectivity index (χ2n) is 1.83. The van der Waals surface area contributed by atoms with Crippen molar-refractivity contribution >= 4 is 18.0 Å². The van der Waals surface area contributed by atoms with E-state index in [2.05, 4.69) is 15.3 Å². The SMILES string of the molecule is C1=CN2C=CSC2N=C1. The van der Waals surface area contributed by atoms with E-state index in [0.29, 0.717) is 0 Å². The zero-order chi connectivity index (χ0) is 6.10. The molecular formula is C6H6N2S. The molecule has 2 rings (SSSR count). The highest BCUT2D eigenvalue weighted by atomic mass is 32.2. The van der Waals surface area contributed by atoms with Gasteiger partial charge in [0.25, 0.3) is 0 Å². The number of allylic oxidation sites excluding steroid dienone is 1. The van der Waals surface area contributed by atoms with Crippen molar-refractivity contribution in [2.45, 2.75) is 5.50 Å². The molecule has 9 heavy (non-hydrogen) atoms. The van der Waals surface area contributed by atoms with Gasteiger partial charge in [-0.25, -0.2) is 0 Å². The van der Waals surface area contributed by atoms with Crippen LogP contribution >= 0.6 is 11.8 Å². The molecule has 1 atom stereocenters. The molecule has 2 nitrogen and oxygen atoms in total. The molecule has 0 N–H and O–H groups in total. The van der Waals surface area contributed by atoms with Crippen molar-refractivity contribution in [3.05, 3.63) is 23.9 Å². The fourth-order valence-electron chi connectivity index (χ4n) is 0.816. The van der Waals surface area contributed by atoms with Crippen LogP contribution < -0.4 is 0 Å². The third-order valence-electron chi connectivity index (χ3n) is 1.25. The molecule has 2 aliphatic heterocycles. The lowest BCUT2D eigenvalue weighted by Crippen LogP contribution is -2.18. The van der Waals surface area contributed by atoms with Crippen molar-refractivity contribution < 1.29 is 0 Å². The second kappa shape index (κ2) is 1.92. The summed E-state index contributed by atoms with van der Waals surface area (Å²) < 4.78 is 0. The van der Waals surface area contributed by atoms with Gasteiger partial charge in [0.15, 0.2) is 5.50 Å². The number of hydrogen-bond donors (Lipinski definition) is 0. The maximum Gasteiger partial charge on any atom is 0.176 e. The van der Waals surface area contributed by atoms with Crippen molar-refractivity contribution in [2.24, 2.45) is 4.99 Å². The van der Waals surface area contributed by atoms with E-state index in [1.54, 1.807) is 11.8 Å². The summed E-state index contributed by atoms with van der Waals surface area (Å²) in [6, 6.07) is 0. The van der Waals surface area contributed by atoms with Crippen LogP contribution in [0.5, 0.6) is 0 Å². The van der Waals surface area contributed by atoms with E-state index in [1.165, 1.54) is 0 Å². The largest absolute Gasteiger partial charge is 0.323 e. The topological polar surface area (TPSA) is 15.6 Å². The Balaban J connectivity index is 2.25. The minimum atomic E-state index is 0.287. The highest BCUT2D eigenvalue weighted by Crippen LogP contribution is 2.26. The summed E-state index contributed by atoms with van der Waals surface area (Å²) in [7, 11) is 0. The van der Waals surface area contributed by atoms with Gasteiger partial charge in [0.2, 0.25) is 0 Å². The first-order valence-corrected chi connectivity index (χ1v) is 3.71. The molecular weight excluding hydrogens is 132 g/mol. The number of nitrogens with zero attached hydrogens (tertiary/aromatic N) is 2. The van der Waals surface area contributed by atoms with Crippen LogP contribution in [0.1, 0.15) is 0 Å². The van der Waals surface area contributed by atoms with E-state index >= 15 is 0 Å². The van der Waals surface area contributed by atoms with Gasteiger partial charge < -0.3 is 4.90 Å². The van der Waals surface area contributed by atoms with Gasteiger partial charge in [-0.3, -0.25) is 4.99 Å². The lowest BCUT2D eigenvalue weighted by molar-refractivity contribution is 0.493. The Morgan fingerprint density at radius 3 is 3.33 bits per heavy atom. The molecule has 2 aliphatic rings. The van der Waals surface area contributed by atoms with Crippen molar-refractivity contribution in [3.8, 4) is 0 Å². The number of thioether (sulfide) groups is 1. The fraction of sp³-hybridized carbons (Fsp3) is 0.167. The lowest BCUT2D eigenvalue weighted by Gasteiger charge is -2.18. The first-order chi connectivity index (χ1) is 4.47. The van der Waals surface area contributed by atoms with Crippen LogP contribution in [0.25, 0.3) is 0 Å². The number of aliphatic imine (C=N–C) groups is 1. The summed E-state index contributed by atoms with van der Waals surface area (Å²) in [5, 5.41) is 2.05. The van der Waals surface area contributed by atoms with Gasteiger partial charge in [-0.15, -0.1) is 0 Å². The van der Waals surface area contributed by atoms with Crippen LogP contribution in [0, 0.1) is 0 Å². The molecule has 1 unspecified atom stereocenters. The summed E-state index contributed by atoms with van der Waals surface area (Å²) in [6.45, 7) is 0. The first kappa shape index (κ1) is 5.11. The third kappa shape index (κ3) is 0.772. The molecule has 2 heterocycles. The van der Waals surface area contributed by atoms with Crippen molar-refractivity contribution in [1.29, 1.82) is 0 Å². The van der Waals surface area contributed by atoms with E-state index in [4.69, 9.17) is 0 Å². The van der Waals surface area contributed by atoms with E-state index in [9.17, 15) is 0 Å². The number of hydrogen-bond acceptors (Lipinski definition) is 3. The maximum atomic E-state index is 4.21. The molecule has 0 spiro atoms.